The Hall–Kier alpha value is -2.09. The lowest BCUT2D eigenvalue weighted by atomic mass is 9.96. The Balaban J connectivity index is 1.88. The largest absolute Gasteiger partial charge is 0.416 e. The highest BCUT2D eigenvalue weighted by atomic mass is 19.4. The summed E-state index contributed by atoms with van der Waals surface area (Å²) in [6.07, 6.45) is -2.48. The fourth-order valence-electron chi connectivity index (χ4n) is 3.22. The Morgan fingerprint density at radius 1 is 1.14 bits per heavy atom. The second-order valence-corrected chi connectivity index (χ2v) is 7.64. The first kappa shape index (κ1) is 22.2. The molecule has 2 amide bonds. The molecule has 156 valence electrons. The van der Waals surface area contributed by atoms with Crippen molar-refractivity contribution in [2.45, 2.75) is 45.8 Å². The lowest BCUT2D eigenvalue weighted by molar-refractivity contribution is -0.137. The van der Waals surface area contributed by atoms with Gasteiger partial charge in [-0.2, -0.15) is 13.2 Å². The van der Waals surface area contributed by atoms with Crippen LogP contribution in [0.4, 0.5) is 18.9 Å². The van der Waals surface area contributed by atoms with Crippen LogP contribution in [0.3, 0.4) is 0 Å². The summed E-state index contributed by atoms with van der Waals surface area (Å²) >= 11 is 0. The van der Waals surface area contributed by atoms with E-state index in [-0.39, 0.29) is 23.7 Å². The van der Waals surface area contributed by atoms with E-state index >= 15 is 0 Å². The van der Waals surface area contributed by atoms with Gasteiger partial charge in [0.1, 0.15) is 0 Å². The number of benzene rings is 1. The lowest BCUT2D eigenvalue weighted by Crippen LogP contribution is -2.49. The van der Waals surface area contributed by atoms with Gasteiger partial charge in [-0.3, -0.25) is 14.5 Å². The maximum absolute atomic E-state index is 12.6. The van der Waals surface area contributed by atoms with Gasteiger partial charge >= 0.3 is 6.18 Å². The first-order chi connectivity index (χ1) is 13.1. The number of piperidine rings is 1. The van der Waals surface area contributed by atoms with Crippen LogP contribution in [0.2, 0.25) is 0 Å². The van der Waals surface area contributed by atoms with Crippen molar-refractivity contribution in [3.05, 3.63) is 29.8 Å². The molecule has 1 fully saturated rings. The highest BCUT2D eigenvalue weighted by Gasteiger charge is 2.30. The van der Waals surface area contributed by atoms with Crippen LogP contribution >= 0.6 is 0 Å². The molecule has 0 radical (unpaired) electrons. The van der Waals surface area contributed by atoms with Crippen LogP contribution < -0.4 is 10.6 Å². The molecule has 2 atom stereocenters. The Morgan fingerprint density at radius 2 is 1.79 bits per heavy atom. The number of halogens is 3. The number of hydrogen-bond donors (Lipinski definition) is 2. The Labute approximate surface area is 163 Å². The summed E-state index contributed by atoms with van der Waals surface area (Å²) in [5, 5.41) is 5.62. The van der Waals surface area contributed by atoms with Gasteiger partial charge < -0.3 is 10.6 Å². The Kier molecular flexibility index (Phi) is 7.46. The molecule has 1 aromatic carbocycles. The number of amides is 2. The number of alkyl halides is 3. The van der Waals surface area contributed by atoms with E-state index in [1.165, 1.54) is 12.1 Å². The molecule has 1 aliphatic rings. The molecule has 0 saturated carbocycles. The first-order valence-electron chi connectivity index (χ1n) is 9.57. The highest BCUT2D eigenvalue weighted by molar-refractivity contribution is 5.94. The van der Waals surface area contributed by atoms with Gasteiger partial charge in [-0.1, -0.05) is 13.8 Å². The van der Waals surface area contributed by atoms with Gasteiger partial charge in [0.25, 0.3) is 0 Å². The van der Waals surface area contributed by atoms with E-state index in [9.17, 15) is 22.8 Å². The van der Waals surface area contributed by atoms with Crippen LogP contribution in [0.5, 0.6) is 0 Å². The topological polar surface area (TPSA) is 61.4 Å². The van der Waals surface area contributed by atoms with Crippen LogP contribution in [-0.2, 0) is 15.8 Å². The summed E-state index contributed by atoms with van der Waals surface area (Å²) in [5.74, 6) is -0.0252. The van der Waals surface area contributed by atoms with E-state index in [1.807, 2.05) is 13.8 Å². The maximum atomic E-state index is 12.6. The quantitative estimate of drug-likeness (QED) is 0.770. The summed E-state index contributed by atoms with van der Waals surface area (Å²) in [4.78, 5) is 26.3. The molecule has 0 spiro atoms. The minimum Gasteiger partial charge on any atom is -0.356 e. The summed E-state index contributed by atoms with van der Waals surface area (Å²) < 4.78 is 37.9. The Morgan fingerprint density at radius 3 is 2.36 bits per heavy atom. The molecule has 28 heavy (non-hydrogen) atoms. The van der Waals surface area contributed by atoms with Crippen molar-refractivity contribution in [1.29, 1.82) is 0 Å². The van der Waals surface area contributed by atoms with Gasteiger partial charge in [0.2, 0.25) is 11.8 Å². The minimum absolute atomic E-state index is 0.0187. The fraction of sp³-hybridized carbons (Fsp3) is 0.600. The van der Waals surface area contributed by atoms with E-state index < -0.39 is 17.8 Å². The minimum atomic E-state index is -4.40. The van der Waals surface area contributed by atoms with Gasteiger partial charge in [0, 0.05) is 24.7 Å². The zero-order valence-corrected chi connectivity index (χ0v) is 16.5. The number of carbonyl (C=O) groups is 2. The van der Waals surface area contributed by atoms with E-state index in [0.717, 1.165) is 31.5 Å². The molecule has 0 aromatic heterocycles. The van der Waals surface area contributed by atoms with Crippen molar-refractivity contribution >= 4 is 17.5 Å². The highest BCUT2D eigenvalue weighted by Crippen LogP contribution is 2.30. The number of rotatable bonds is 6. The van der Waals surface area contributed by atoms with Crippen LogP contribution in [0.15, 0.2) is 24.3 Å². The van der Waals surface area contributed by atoms with Crippen molar-refractivity contribution in [3.63, 3.8) is 0 Å². The molecule has 0 aliphatic carbocycles. The summed E-state index contributed by atoms with van der Waals surface area (Å²) in [6.45, 7) is 7.53. The average Bonchev–Trinajstić information content (AvgIpc) is 2.65. The van der Waals surface area contributed by atoms with Crippen LogP contribution in [0.1, 0.15) is 39.2 Å². The predicted molar refractivity (Wildman–Crippen MR) is 102 cm³/mol. The molecule has 2 rings (SSSR count). The van der Waals surface area contributed by atoms with E-state index in [4.69, 9.17) is 0 Å². The zero-order valence-electron chi connectivity index (χ0n) is 16.5. The molecule has 0 bridgehead atoms. The summed E-state index contributed by atoms with van der Waals surface area (Å²) in [7, 11) is 0. The number of anilines is 1. The van der Waals surface area contributed by atoms with E-state index in [2.05, 4.69) is 15.5 Å². The third kappa shape index (κ3) is 6.22. The lowest BCUT2D eigenvalue weighted by Gasteiger charge is -2.36. The summed E-state index contributed by atoms with van der Waals surface area (Å²) in [6, 6.07) is 4.01. The van der Waals surface area contributed by atoms with Crippen molar-refractivity contribution in [3.8, 4) is 0 Å². The predicted octanol–water partition coefficient (Wildman–Crippen LogP) is 3.52. The molecule has 1 heterocycles. The molecular weight excluding hydrogens is 371 g/mol. The molecular formula is C20H28F3N3O2. The monoisotopic (exact) mass is 399 g/mol. The average molecular weight is 399 g/mol. The standard InChI is InChI=1S/C20H28F3N3O2/c1-13(2)18(27)24-11-15-5-4-10-26(12-15)14(3)19(28)25-17-8-6-16(7-9-17)20(21,22)23/h6-9,13-15H,4-5,10-12H2,1-3H3,(H,24,27)(H,25,28). The summed E-state index contributed by atoms with van der Waals surface area (Å²) in [5.41, 5.74) is -0.413. The molecule has 2 unspecified atom stereocenters. The van der Waals surface area contributed by atoms with Gasteiger partial charge in [-0.15, -0.1) is 0 Å². The third-order valence-corrected chi connectivity index (χ3v) is 5.05. The molecule has 5 nitrogen and oxygen atoms in total. The van der Waals surface area contributed by atoms with E-state index in [0.29, 0.717) is 18.8 Å². The number of carbonyl (C=O) groups excluding carboxylic acids is 2. The van der Waals surface area contributed by atoms with Crippen LogP contribution in [-0.4, -0.2) is 42.4 Å². The fourth-order valence-corrected chi connectivity index (χ4v) is 3.22. The zero-order chi connectivity index (χ0) is 20.9. The first-order valence-corrected chi connectivity index (χ1v) is 9.57. The number of nitrogens with one attached hydrogen (secondary N) is 2. The maximum Gasteiger partial charge on any atom is 0.416 e. The third-order valence-electron chi connectivity index (χ3n) is 5.05. The molecule has 2 N–H and O–H groups in total. The van der Waals surface area contributed by atoms with Gasteiger partial charge in [0.05, 0.1) is 11.6 Å². The van der Waals surface area contributed by atoms with Crippen molar-refractivity contribution in [2.24, 2.45) is 11.8 Å². The van der Waals surface area contributed by atoms with E-state index in [1.54, 1.807) is 6.92 Å². The second-order valence-electron chi connectivity index (χ2n) is 7.64. The van der Waals surface area contributed by atoms with Crippen molar-refractivity contribution in [1.82, 2.24) is 10.2 Å². The smallest absolute Gasteiger partial charge is 0.356 e. The van der Waals surface area contributed by atoms with Crippen LogP contribution in [0.25, 0.3) is 0 Å². The van der Waals surface area contributed by atoms with Gasteiger partial charge in [0.15, 0.2) is 0 Å². The second kappa shape index (κ2) is 9.41. The van der Waals surface area contributed by atoms with Gasteiger partial charge in [-0.25, -0.2) is 0 Å². The normalized spacial score (nSPS) is 19.3. The molecule has 1 aromatic rings. The number of likely N-dealkylation sites (tertiary alicyclic amines) is 1. The Bertz CT molecular complexity index is 674. The van der Waals surface area contributed by atoms with Crippen molar-refractivity contribution < 1.29 is 22.8 Å². The van der Waals surface area contributed by atoms with Gasteiger partial charge in [-0.05, 0) is 56.5 Å². The van der Waals surface area contributed by atoms with Crippen molar-refractivity contribution in [2.75, 3.05) is 25.0 Å². The van der Waals surface area contributed by atoms with Crippen LogP contribution in [0, 0.1) is 11.8 Å². The molecule has 8 heteroatoms. The molecule has 1 saturated heterocycles. The number of nitrogens with zero attached hydrogens (tertiary/aromatic N) is 1. The SMILES string of the molecule is CC(C)C(=O)NCC1CCCN(C(C)C(=O)Nc2ccc(C(F)(F)F)cc2)C1. The molecule has 1 aliphatic heterocycles. The number of hydrogen-bond acceptors (Lipinski definition) is 3.